The maximum absolute atomic E-state index is 12.0. The Kier molecular flexibility index (Phi) is 8.78. The van der Waals surface area contributed by atoms with Crippen LogP contribution in [0.2, 0.25) is 0 Å². The van der Waals surface area contributed by atoms with Crippen molar-refractivity contribution < 1.29 is 14.3 Å². The van der Waals surface area contributed by atoms with Crippen molar-refractivity contribution in [2.45, 2.75) is 40.3 Å². The summed E-state index contributed by atoms with van der Waals surface area (Å²) in [6.45, 7) is 7.18. The minimum atomic E-state index is 0.0250. The topological polar surface area (TPSA) is 59.6 Å². The third-order valence-electron chi connectivity index (χ3n) is 5.03. The Morgan fingerprint density at radius 3 is 2.42 bits per heavy atom. The fraction of sp³-hybridized carbons (Fsp3) is 0.296. The number of halogens is 1. The Balaban J connectivity index is 1.64. The average Bonchev–Trinajstić information content (AvgIpc) is 2.77. The first-order valence-electron chi connectivity index (χ1n) is 11.0. The summed E-state index contributed by atoms with van der Waals surface area (Å²) in [5.41, 5.74) is 5.06. The maximum Gasteiger partial charge on any atom is 0.224 e. The highest BCUT2D eigenvalue weighted by Crippen LogP contribution is 2.37. The van der Waals surface area contributed by atoms with Gasteiger partial charge in [-0.05, 0) is 70.2 Å². The molecule has 3 rings (SSSR count). The predicted molar refractivity (Wildman–Crippen MR) is 138 cm³/mol. The van der Waals surface area contributed by atoms with E-state index >= 15 is 0 Å². The van der Waals surface area contributed by atoms with Crippen LogP contribution < -0.4 is 20.1 Å². The van der Waals surface area contributed by atoms with Crippen molar-refractivity contribution in [3.8, 4) is 11.5 Å². The van der Waals surface area contributed by atoms with Gasteiger partial charge >= 0.3 is 0 Å². The molecule has 0 aliphatic heterocycles. The van der Waals surface area contributed by atoms with Gasteiger partial charge in [0.15, 0.2) is 11.5 Å². The average molecular weight is 511 g/mol. The lowest BCUT2D eigenvalue weighted by atomic mass is 10.1. The Bertz CT molecular complexity index is 1080. The summed E-state index contributed by atoms with van der Waals surface area (Å²) in [6, 6.07) is 20.0. The van der Waals surface area contributed by atoms with Gasteiger partial charge in [0.05, 0.1) is 11.6 Å². The van der Waals surface area contributed by atoms with Gasteiger partial charge in [0, 0.05) is 24.3 Å². The van der Waals surface area contributed by atoms with E-state index in [1.165, 1.54) is 5.56 Å². The molecule has 3 aromatic carbocycles. The lowest BCUT2D eigenvalue weighted by Gasteiger charge is -2.15. The fourth-order valence-corrected chi connectivity index (χ4v) is 3.95. The van der Waals surface area contributed by atoms with Crippen LogP contribution in [0.3, 0.4) is 0 Å². The molecule has 2 N–H and O–H groups in total. The van der Waals surface area contributed by atoms with Gasteiger partial charge in [-0.25, -0.2) is 0 Å². The zero-order valence-corrected chi connectivity index (χ0v) is 21.2. The molecular formula is C27H31BrN2O3. The standard InChI is InChI=1S/C27H31BrN2O3/c1-18(2)12-26(31)30-23-7-5-6-22(15-23)29-16-21-13-24(28)27(25(14-21)32-4)33-17-20-10-8-19(3)9-11-20/h5-11,13-15,18,29H,12,16-17H2,1-4H3,(H,30,31). The van der Waals surface area contributed by atoms with Crippen LogP contribution in [0, 0.1) is 12.8 Å². The molecule has 0 spiro atoms. The van der Waals surface area contributed by atoms with E-state index in [0.717, 1.165) is 27.0 Å². The minimum Gasteiger partial charge on any atom is -0.493 e. The number of hydrogen-bond acceptors (Lipinski definition) is 4. The van der Waals surface area contributed by atoms with E-state index in [-0.39, 0.29) is 5.91 Å². The van der Waals surface area contributed by atoms with Gasteiger partial charge in [-0.3, -0.25) is 4.79 Å². The van der Waals surface area contributed by atoms with Crippen LogP contribution in [0.4, 0.5) is 11.4 Å². The molecule has 6 heteroatoms. The summed E-state index contributed by atoms with van der Waals surface area (Å²) in [6.07, 6.45) is 0.504. The molecule has 0 atom stereocenters. The number of rotatable bonds is 10. The van der Waals surface area contributed by atoms with Crippen LogP contribution in [0.15, 0.2) is 65.1 Å². The lowest BCUT2D eigenvalue weighted by molar-refractivity contribution is -0.116. The Morgan fingerprint density at radius 2 is 1.73 bits per heavy atom. The van der Waals surface area contributed by atoms with Crippen molar-refractivity contribution in [1.82, 2.24) is 0 Å². The molecule has 0 heterocycles. The molecule has 0 aromatic heterocycles. The van der Waals surface area contributed by atoms with Gasteiger partial charge in [-0.15, -0.1) is 0 Å². The first-order chi connectivity index (χ1) is 15.8. The van der Waals surface area contributed by atoms with Crippen molar-refractivity contribution in [3.05, 3.63) is 81.8 Å². The van der Waals surface area contributed by atoms with Crippen molar-refractivity contribution in [2.75, 3.05) is 17.7 Å². The lowest BCUT2D eigenvalue weighted by Crippen LogP contribution is -2.13. The second-order valence-corrected chi connectivity index (χ2v) is 9.32. The number of amides is 1. The summed E-state index contributed by atoms with van der Waals surface area (Å²) < 4.78 is 12.5. The molecular weight excluding hydrogens is 480 g/mol. The van der Waals surface area contributed by atoms with Crippen molar-refractivity contribution in [1.29, 1.82) is 0 Å². The van der Waals surface area contributed by atoms with Crippen LogP contribution in [-0.4, -0.2) is 13.0 Å². The van der Waals surface area contributed by atoms with Gasteiger partial charge in [0.25, 0.3) is 0 Å². The highest BCUT2D eigenvalue weighted by atomic mass is 79.9. The monoisotopic (exact) mass is 510 g/mol. The molecule has 5 nitrogen and oxygen atoms in total. The summed E-state index contributed by atoms with van der Waals surface area (Å²) in [7, 11) is 1.64. The number of methoxy groups -OCH3 is 1. The highest BCUT2D eigenvalue weighted by Gasteiger charge is 2.12. The zero-order chi connectivity index (χ0) is 23.8. The van der Waals surface area contributed by atoms with Crippen LogP contribution in [-0.2, 0) is 17.9 Å². The maximum atomic E-state index is 12.0. The molecule has 1 amide bonds. The van der Waals surface area contributed by atoms with E-state index in [1.54, 1.807) is 7.11 Å². The molecule has 33 heavy (non-hydrogen) atoms. The number of nitrogens with one attached hydrogen (secondary N) is 2. The van der Waals surface area contributed by atoms with E-state index in [2.05, 4.69) is 57.8 Å². The predicted octanol–water partition coefficient (Wildman–Crippen LogP) is 6.94. The van der Waals surface area contributed by atoms with E-state index in [4.69, 9.17) is 9.47 Å². The van der Waals surface area contributed by atoms with Gasteiger partial charge < -0.3 is 20.1 Å². The molecule has 3 aromatic rings. The molecule has 0 fully saturated rings. The third-order valence-corrected chi connectivity index (χ3v) is 5.62. The summed E-state index contributed by atoms with van der Waals surface area (Å²) >= 11 is 3.63. The van der Waals surface area contributed by atoms with E-state index < -0.39 is 0 Å². The number of benzene rings is 3. The van der Waals surface area contributed by atoms with Crippen molar-refractivity contribution in [3.63, 3.8) is 0 Å². The first-order valence-corrected chi connectivity index (χ1v) is 11.8. The number of aryl methyl sites for hydroxylation is 1. The van der Waals surface area contributed by atoms with Crippen LogP contribution >= 0.6 is 15.9 Å². The SMILES string of the molecule is COc1cc(CNc2cccc(NC(=O)CC(C)C)c2)cc(Br)c1OCc1ccc(C)cc1. The second kappa shape index (κ2) is 11.8. The van der Waals surface area contributed by atoms with Crippen molar-refractivity contribution in [2.24, 2.45) is 5.92 Å². The van der Waals surface area contributed by atoms with Crippen molar-refractivity contribution >= 4 is 33.2 Å². The van der Waals surface area contributed by atoms with Gasteiger partial charge in [0.1, 0.15) is 6.61 Å². The number of anilines is 2. The van der Waals surface area contributed by atoms with Gasteiger partial charge in [-0.2, -0.15) is 0 Å². The number of hydrogen-bond donors (Lipinski definition) is 2. The van der Waals surface area contributed by atoms with Crippen LogP contribution in [0.25, 0.3) is 0 Å². The van der Waals surface area contributed by atoms with E-state index in [0.29, 0.717) is 37.0 Å². The fourth-order valence-electron chi connectivity index (χ4n) is 3.35. The molecule has 0 radical (unpaired) electrons. The molecule has 174 valence electrons. The van der Waals surface area contributed by atoms with E-state index in [9.17, 15) is 4.79 Å². The largest absolute Gasteiger partial charge is 0.493 e. The molecule has 0 aliphatic carbocycles. The molecule has 0 saturated heterocycles. The summed E-state index contributed by atoms with van der Waals surface area (Å²) in [5, 5.41) is 6.36. The molecule has 0 aliphatic rings. The van der Waals surface area contributed by atoms with Gasteiger partial charge in [-0.1, -0.05) is 49.7 Å². The zero-order valence-electron chi connectivity index (χ0n) is 19.6. The number of carbonyl (C=O) groups is 1. The molecule has 0 saturated carbocycles. The minimum absolute atomic E-state index is 0.0250. The smallest absolute Gasteiger partial charge is 0.224 e. The molecule has 0 bridgehead atoms. The Morgan fingerprint density at radius 1 is 1.00 bits per heavy atom. The quantitative estimate of drug-likeness (QED) is 0.310. The summed E-state index contributed by atoms with van der Waals surface area (Å²) in [4.78, 5) is 12.0. The van der Waals surface area contributed by atoms with Crippen LogP contribution in [0.5, 0.6) is 11.5 Å². The third kappa shape index (κ3) is 7.53. The molecule has 0 unspecified atom stereocenters. The van der Waals surface area contributed by atoms with Crippen LogP contribution in [0.1, 0.15) is 37.0 Å². The normalized spacial score (nSPS) is 10.7. The second-order valence-electron chi connectivity index (χ2n) is 8.46. The Hall–Kier alpha value is -2.99. The Labute approximate surface area is 204 Å². The number of carbonyl (C=O) groups excluding carboxylic acids is 1. The highest BCUT2D eigenvalue weighted by molar-refractivity contribution is 9.10. The summed E-state index contributed by atoms with van der Waals surface area (Å²) in [5.74, 6) is 1.69. The first kappa shape index (κ1) is 24.6. The van der Waals surface area contributed by atoms with E-state index in [1.807, 2.05) is 50.2 Å². The number of ether oxygens (including phenoxy) is 2. The van der Waals surface area contributed by atoms with Gasteiger partial charge in [0.2, 0.25) is 5.91 Å².